The van der Waals surface area contributed by atoms with Crippen LogP contribution in [0.3, 0.4) is 0 Å². The molecule has 0 aliphatic carbocycles. The Morgan fingerprint density at radius 3 is 2.26 bits per heavy atom. The monoisotopic (exact) mass is 472 g/mol. The van der Waals surface area contributed by atoms with Crippen molar-refractivity contribution in [3.05, 3.63) is 60.7 Å². The van der Waals surface area contributed by atoms with Crippen LogP contribution in [0, 0.1) is 0 Å². The fraction of sp³-hybridized carbons (Fsp3) is 0.423. The number of amides is 1. The largest absolute Gasteiger partial charge is 0.357 e. The standard InChI is InChI=1S/C26H32N8O/c1-20-19-33(23-8-4-5-11-27-23)14-15-34(20)26-29-17-22(18-30-26)31-25(35)21-9-10-24(28-16-21)32-12-6-2-3-7-13-32/h4-5,8-11,16-18,20H,2-3,6-7,12-15,19H2,1H3,(H,31,35)/t20-/m0/s1. The van der Waals surface area contributed by atoms with Gasteiger partial charge in [-0.25, -0.2) is 19.9 Å². The van der Waals surface area contributed by atoms with Crippen LogP contribution in [0.25, 0.3) is 0 Å². The summed E-state index contributed by atoms with van der Waals surface area (Å²) in [4.78, 5) is 37.5. The van der Waals surface area contributed by atoms with Crippen molar-refractivity contribution in [2.45, 2.75) is 38.6 Å². The average molecular weight is 473 g/mol. The third kappa shape index (κ3) is 5.50. The van der Waals surface area contributed by atoms with Crippen LogP contribution < -0.4 is 20.0 Å². The van der Waals surface area contributed by atoms with E-state index in [0.717, 1.165) is 44.4 Å². The minimum atomic E-state index is -0.214. The van der Waals surface area contributed by atoms with E-state index in [9.17, 15) is 4.79 Å². The van der Waals surface area contributed by atoms with Crippen molar-refractivity contribution in [3.63, 3.8) is 0 Å². The van der Waals surface area contributed by atoms with Gasteiger partial charge in [-0.15, -0.1) is 0 Å². The molecule has 0 aromatic carbocycles. The molecule has 9 nitrogen and oxygen atoms in total. The lowest BCUT2D eigenvalue weighted by Crippen LogP contribution is -2.53. The van der Waals surface area contributed by atoms with Crippen molar-refractivity contribution < 1.29 is 4.79 Å². The highest BCUT2D eigenvalue weighted by molar-refractivity contribution is 6.04. The van der Waals surface area contributed by atoms with Crippen LogP contribution in [0.1, 0.15) is 43.0 Å². The molecule has 0 bridgehead atoms. The molecule has 2 aliphatic rings. The number of piperazine rings is 1. The number of nitrogens with one attached hydrogen (secondary N) is 1. The lowest BCUT2D eigenvalue weighted by molar-refractivity contribution is 0.102. The summed E-state index contributed by atoms with van der Waals surface area (Å²) in [6, 6.07) is 9.98. The van der Waals surface area contributed by atoms with Gasteiger partial charge in [-0.1, -0.05) is 18.9 Å². The van der Waals surface area contributed by atoms with Crippen LogP contribution in [0.5, 0.6) is 0 Å². The number of rotatable bonds is 5. The summed E-state index contributed by atoms with van der Waals surface area (Å²) in [5.41, 5.74) is 1.09. The first-order chi connectivity index (χ1) is 17.2. The maximum atomic E-state index is 12.7. The van der Waals surface area contributed by atoms with Crippen LogP contribution in [0.2, 0.25) is 0 Å². The summed E-state index contributed by atoms with van der Waals surface area (Å²) >= 11 is 0. The molecule has 3 aromatic rings. The molecule has 0 saturated carbocycles. The number of pyridine rings is 2. The zero-order valence-corrected chi connectivity index (χ0v) is 20.2. The van der Waals surface area contributed by atoms with E-state index in [0.29, 0.717) is 17.2 Å². The van der Waals surface area contributed by atoms with E-state index in [4.69, 9.17) is 0 Å². The molecule has 2 aliphatic heterocycles. The van der Waals surface area contributed by atoms with Gasteiger partial charge in [0, 0.05) is 51.2 Å². The van der Waals surface area contributed by atoms with Crippen LogP contribution in [-0.2, 0) is 0 Å². The van der Waals surface area contributed by atoms with E-state index in [1.165, 1.54) is 25.7 Å². The van der Waals surface area contributed by atoms with Gasteiger partial charge < -0.3 is 20.0 Å². The van der Waals surface area contributed by atoms with E-state index in [2.05, 4.69) is 46.9 Å². The van der Waals surface area contributed by atoms with Crippen molar-refractivity contribution in [3.8, 4) is 0 Å². The first-order valence-electron chi connectivity index (χ1n) is 12.4. The quantitative estimate of drug-likeness (QED) is 0.602. The van der Waals surface area contributed by atoms with Crippen molar-refractivity contribution >= 4 is 29.2 Å². The number of hydrogen-bond acceptors (Lipinski definition) is 8. The summed E-state index contributed by atoms with van der Waals surface area (Å²) in [5, 5.41) is 2.88. The summed E-state index contributed by atoms with van der Waals surface area (Å²) in [7, 11) is 0. The Labute approximate surface area is 206 Å². The second-order valence-corrected chi connectivity index (χ2v) is 9.21. The fourth-order valence-electron chi connectivity index (χ4n) is 4.75. The normalized spacial score (nSPS) is 18.8. The van der Waals surface area contributed by atoms with Crippen LogP contribution in [0.15, 0.2) is 55.1 Å². The number of nitrogens with zero attached hydrogens (tertiary/aromatic N) is 7. The minimum Gasteiger partial charge on any atom is -0.357 e. The van der Waals surface area contributed by atoms with Gasteiger partial charge in [0.15, 0.2) is 0 Å². The molecule has 0 radical (unpaired) electrons. The molecule has 1 atom stereocenters. The third-order valence-corrected chi connectivity index (χ3v) is 6.69. The van der Waals surface area contributed by atoms with Crippen LogP contribution >= 0.6 is 0 Å². The second kappa shape index (κ2) is 10.7. The van der Waals surface area contributed by atoms with Crippen molar-refractivity contribution in [1.29, 1.82) is 0 Å². The van der Waals surface area contributed by atoms with Gasteiger partial charge >= 0.3 is 0 Å². The highest BCUT2D eigenvalue weighted by Crippen LogP contribution is 2.21. The van der Waals surface area contributed by atoms with Gasteiger partial charge in [-0.2, -0.15) is 0 Å². The molecule has 182 valence electrons. The van der Waals surface area contributed by atoms with Gasteiger partial charge in [0.25, 0.3) is 5.91 Å². The average Bonchev–Trinajstić information content (AvgIpc) is 3.20. The number of anilines is 4. The molecule has 0 unspecified atom stereocenters. The lowest BCUT2D eigenvalue weighted by atomic mass is 10.2. The molecule has 5 heterocycles. The Morgan fingerprint density at radius 1 is 0.829 bits per heavy atom. The highest BCUT2D eigenvalue weighted by atomic mass is 16.1. The number of carbonyl (C=O) groups excluding carboxylic acids is 1. The molecule has 35 heavy (non-hydrogen) atoms. The summed E-state index contributed by atoms with van der Waals surface area (Å²) in [6.07, 6.45) is 11.7. The van der Waals surface area contributed by atoms with E-state index in [1.54, 1.807) is 18.6 Å². The van der Waals surface area contributed by atoms with Gasteiger partial charge in [0.05, 0.1) is 23.6 Å². The maximum absolute atomic E-state index is 12.7. The molecule has 2 saturated heterocycles. The molecule has 1 amide bonds. The molecule has 5 rings (SSSR count). The first-order valence-corrected chi connectivity index (χ1v) is 12.4. The zero-order chi connectivity index (χ0) is 24.0. The predicted molar refractivity (Wildman–Crippen MR) is 138 cm³/mol. The summed E-state index contributed by atoms with van der Waals surface area (Å²) < 4.78 is 0. The lowest BCUT2D eigenvalue weighted by Gasteiger charge is -2.40. The van der Waals surface area contributed by atoms with E-state index in [-0.39, 0.29) is 11.9 Å². The Kier molecular flexibility index (Phi) is 7.02. The zero-order valence-electron chi connectivity index (χ0n) is 20.2. The van der Waals surface area contributed by atoms with Gasteiger partial charge in [0.2, 0.25) is 5.95 Å². The molecule has 2 fully saturated rings. The first kappa shape index (κ1) is 23.0. The van der Waals surface area contributed by atoms with Gasteiger partial charge in [-0.05, 0) is 44.0 Å². The highest BCUT2D eigenvalue weighted by Gasteiger charge is 2.26. The minimum absolute atomic E-state index is 0.214. The number of carbonyl (C=O) groups is 1. The van der Waals surface area contributed by atoms with E-state index < -0.39 is 0 Å². The molecule has 9 heteroatoms. The fourth-order valence-corrected chi connectivity index (χ4v) is 4.75. The topological polar surface area (TPSA) is 90.4 Å². The number of hydrogen-bond donors (Lipinski definition) is 1. The Morgan fingerprint density at radius 2 is 1.60 bits per heavy atom. The molecule has 1 N–H and O–H groups in total. The third-order valence-electron chi connectivity index (χ3n) is 6.69. The van der Waals surface area contributed by atoms with Crippen molar-refractivity contribution in [2.75, 3.05) is 52.7 Å². The van der Waals surface area contributed by atoms with Crippen molar-refractivity contribution in [1.82, 2.24) is 19.9 Å². The van der Waals surface area contributed by atoms with Gasteiger partial charge in [-0.3, -0.25) is 4.79 Å². The molecular formula is C26H32N8O. The van der Waals surface area contributed by atoms with Crippen LogP contribution in [0.4, 0.5) is 23.3 Å². The predicted octanol–water partition coefficient (Wildman–Crippen LogP) is 3.61. The molecule has 0 spiro atoms. The Hall–Kier alpha value is -3.75. The summed E-state index contributed by atoms with van der Waals surface area (Å²) in [5.74, 6) is 2.38. The second-order valence-electron chi connectivity index (χ2n) is 9.21. The number of aromatic nitrogens is 4. The van der Waals surface area contributed by atoms with E-state index in [1.807, 2.05) is 36.5 Å². The summed E-state index contributed by atoms with van der Waals surface area (Å²) in [6.45, 7) is 6.72. The molecular weight excluding hydrogens is 440 g/mol. The van der Waals surface area contributed by atoms with Gasteiger partial charge in [0.1, 0.15) is 11.6 Å². The van der Waals surface area contributed by atoms with E-state index >= 15 is 0 Å². The Balaban J connectivity index is 1.17. The SMILES string of the molecule is C[C@H]1CN(c2ccccn2)CCN1c1ncc(NC(=O)c2ccc(N3CCCCCC3)nc2)cn1. The van der Waals surface area contributed by atoms with Crippen LogP contribution in [-0.4, -0.2) is 64.6 Å². The maximum Gasteiger partial charge on any atom is 0.257 e. The smallest absolute Gasteiger partial charge is 0.257 e. The van der Waals surface area contributed by atoms with Crippen molar-refractivity contribution in [2.24, 2.45) is 0 Å². The molecule has 3 aromatic heterocycles. The Bertz CT molecular complexity index is 1100.